The summed E-state index contributed by atoms with van der Waals surface area (Å²) in [5, 5.41) is 9.03. The van der Waals surface area contributed by atoms with Gasteiger partial charge in [0.1, 0.15) is 6.04 Å². The Balaban J connectivity index is 1.97. The number of ether oxygens (including phenoxy) is 1. The molecule has 1 saturated heterocycles. The summed E-state index contributed by atoms with van der Waals surface area (Å²) < 4.78 is 5.40. The second-order valence-corrected chi connectivity index (χ2v) is 5.00. The van der Waals surface area contributed by atoms with Crippen molar-refractivity contribution in [3.63, 3.8) is 0 Å². The van der Waals surface area contributed by atoms with E-state index < -0.39 is 12.0 Å². The Labute approximate surface area is 101 Å². The molecule has 0 aromatic rings. The molecule has 1 N–H and O–H groups in total. The Kier molecular flexibility index (Phi) is 3.38. The maximum Gasteiger partial charge on any atom is 0.326 e. The molecule has 5 heteroatoms. The zero-order valence-electron chi connectivity index (χ0n) is 10.1. The fourth-order valence-corrected chi connectivity index (χ4v) is 2.72. The number of nitrogens with zero attached hydrogens (tertiary/aromatic N) is 1. The molecule has 96 valence electrons. The lowest BCUT2D eigenvalue weighted by Gasteiger charge is -2.41. The number of methoxy groups -OCH3 is 1. The molecule has 0 spiro atoms. The minimum absolute atomic E-state index is 0.0727. The van der Waals surface area contributed by atoms with Crippen molar-refractivity contribution in [2.24, 2.45) is 0 Å². The molecule has 2 rings (SSSR count). The van der Waals surface area contributed by atoms with Gasteiger partial charge in [-0.1, -0.05) is 0 Å². The number of hydrogen-bond acceptors (Lipinski definition) is 3. The van der Waals surface area contributed by atoms with Gasteiger partial charge in [0.25, 0.3) is 0 Å². The molecule has 1 heterocycles. The van der Waals surface area contributed by atoms with Gasteiger partial charge < -0.3 is 14.7 Å². The fourth-order valence-electron chi connectivity index (χ4n) is 2.72. The van der Waals surface area contributed by atoms with Crippen LogP contribution in [0.4, 0.5) is 0 Å². The number of aliphatic carboxylic acids is 1. The highest BCUT2D eigenvalue weighted by atomic mass is 16.5. The van der Waals surface area contributed by atoms with Crippen LogP contribution in [0.2, 0.25) is 0 Å². The van der Waals surface area contributed by atoms with Crippen molar-refractivity contribution in [1.29, 1.82) is 0 Å². The quantitative estimate of drug-likeness (QED) is 0.798. The molecule has 1 aliphatic heterocycles. The molecule has 1 amide bonds. The minimum Gasteiger partial charge on any atom is -0.480 e. The molecule has 1 saturated carbocycles. The van der Waals surface area contributed by atoms with E-state index in [9.17, 15) is 9.59 Å². The second kappa shape index (κ2) is 4.64. The average molecular weight is 241 g/mol. The van der Waals surface area contributed by atoms with E-state index in [0.717, 1.165) is 25.7 Å². The van der Waals surface area contributed by atoms with Crippen LogP contribution in [-0.4, -0.2) is 47.2 Å². The van der Waals surface area contributed by atoms with E-state index in [4.69, 9.17) is 9.84 Å². The molecule has 0 bridgehead atoms. The lowest BCUT2D eigenvalue weighted by Crippen LogP contribution is -2.47. The first-order valence-electron chi connectivity index (χ1n) is 6.15. The van der Waals surface area contributed by atoms with Crippen molar-refractivity contribution < 1.29 is 19.4 Å². The topological polar surface area (TPSA) is 66.8 Å². The summed E-state index contributed by atoms with van der Waals surface area (Å²) in [6.45, 7) is 0.565. The standard InChI is InChI=1S/C12H19NO4/c1-17-12(5-3-6-12)8-10(14)13-7-2-4-9(13)11(15)16/h9H,2-8H2,1H3,(H,15,16)/t9-/m0/s1. The molecule has 2 aliphatic rings. The van der Waals surface area contributed by atoms with E-state index >= 15 is 0 Å². The van der Waals surface area contributed by atoms with Crippen LogP contribution >= 0.6 is 0 Å². The highest BCUT2D eigenvalue weighted by Gasteiger charge is 2.42. The van der Waals surface area contributed by atoms with Gasteiger partial charge in [0.15, 0.2) is 0 Å². The van der Waals surface area contributed by atoms with Crippen molar-refractivity contribution in [3.05, 3.63) is 0 Å². The Hall–Kier alpha value is -1.10. The van der Waals surface area contributed by atoms with Crippen LogP contribution in [-0.2, 0) is 14.3 Å². The number of hydrogen-bond donors (Lipinski definition) is 1. The smallest absolute Gasteiger partial charge is 0.326 e. The first kappa shape index (κ1) is 12.4. The Morgan fingerprint density at radius 3 is 2.59 bits per heavy atom. The van der Waals surface area contributed by atoms with Gasteiger partial charge in [-0.25, -0.2) is 4.79 Å². The van der Waals surface area contributed by atoms with Crippen molar-refractivity contribution in [2.75, 3.05) is 13.7 Å². The Bertz CT molecular complexity index is 319. The van der Waals surface area contributed by atoms with Crippen molar-refractivity contribution in [1.82, 2.24) is 4.90 Å². The molecule has 2 fully saturated rings. The normalized spacial score (nSPS) is 26.6. The van der Waals surface area contributed by atoms with E-state index in [-0.39, 0.29) is 11.5 Å². The Morgan fingerprint density at radius 2 is 2.12 bits per heavy atom. The highest BCUT2D eigenvalue weighted by Crippen LogP contribution is 2.39. The monoisotopic (exact) mass is 241 g/mol. The van der Waals surface area contributed by atoms with Gasteiger partial charge in [-0.3, -0.25) is 4.79 Å². The zero-order chi connectivity index (χ0) is 12.5. The van der Waals surface area contributed by atoms with Crippen LogP contribution < -0.4 is 0 Å². The zero-order valence-corrected chi connectivity index (χ0v) is 10.1. The van der Waals surface area contributed by atoms with Crippen LogP contribution in [0.1, 0.15) is 38.5 Å². The third-order valence-electron chi connectivity index (χ3n) is 4.03. The largest absolute Gasteiger partial charge is 0.480 e. The van der Waals surface area contributed by atoms with E-state index in [1.165, 1.54) is 4.90 Å². The number of rotatable bonds is 4. The number of carboxylic acid groups (broad SMARTS) is 1. The molecular formula is C12H19NO4. The third kappa shape index (κ3) is 2.29. The van der Waals surface area contributed by atoms with Gasteiger partial charge in [-0.15, -0.1) is 0 Å². The van der Waals surface area contributed by atoms with Crippen molar-refractivity contribution >= 4 is 11.9 Å². The summed E-state index contributed by atoms with van der Waals surface area (Å²) in [5.41, 5.74) is -0.317. The van der Waals surface area contributed by atoms with Gasteiger partial charge in [0.05, 0.1) is 12.0 Å². The van der Waals surface area contributed by atoms with Crippen molar-refractivity contribution in [3.8, 4) is 0 Å². The SMILES string of the molecule is COC1(CC(=O)N2CCC[C@H]2C(=O)O)CCC1. The molecule has 0 aromatic heterocycles. The minimum atomic E-state index is -0.893. The molecule has 0 unspecified atom stereocenters. The lowest BCUT2D eigenvalue weighted by atomic mass is 9.77. The lowest BCUT2D eigenvalue weighted by molar-refractivity contribution is -0.153. The molecule has 5 nitrogen and oxygen atoms in total. The molecule has 1 aliphatic carbocycles. The van der Waals surface area contributed by atoms with E-state index in [0.29, 0.717) is 19.4 Å². The summed E-state index contributed by atoms with van der Waals surface area (Å²) in [6.07, 6.45) is 4.57. The Morgan fingerprint density at radius 1 is 1.41 bits per heavy atom. The van der Waals surface area contributed by atoms with Gasteiger partial charge in [0.2, 0.25) is 5.91 Å². The number of carbonyl (C=O) groups is 2. The van der Waals surface area contributed by atoms with Gasteiger partial charge in [0, 0.05) is 13.7 Å². The second-order valence-electron chi connectivity index (χ2n) is 5.00. The number of likely N-dealkylation sites (tertiary alicyclic amines) is 1. The van der Waals surface area contributed by atoms with Gasteiger partial charge in [-0.05, 0) is 32.1 Å². The van der Waals surface area contributed by atoms with Gasteiger partial charge in [-0.2, -0.15) is 0 Å². The van der Waals surface area contributed by atoms with Gasteiger partial charge >= 0.3 is 5.97 Å². The van der Waals surface area contributed by atoms with E-state index in [1.54, 1.807) is 7.11 Å². The highest BCUT2D eigenvalue weighted by molar-refractivity contribution is 5.84. The van der Waals surface area contributed by atoms with E-state index in [1.807, 2.05) is 0 Å². The van der Waals surface area contributed by atoms with Crippen molar-refractivity contribution in [2.45, 2.75) is 50.2 Å². The van der Waals surface area contributed by atoms with E-state index in [2.05, 4.69) is 0 Å². The number of amides is 1. The first-order chi connectivity index (χ1) is 8.08. The van der Waals surface area contributed by atoms with Crippen LogP contribution in [0.5, 0.6) is 0 Å². The molecule has 1 atom stereocenters. The summed E-state index contributed by atoms with van der Waals surface area (Å²) in [4.78, 5) is 24.6. The predicted octanol–water partition coefficient (Wildman–Crippen LogP) is 1.02. The van der Waals surface area contributed by atoms with Crippen LogP contribution in [0.25, 0.3) is 0 Å². The number of carboxylic acids is 1. The summed E-state index contributed by atoms with van der Waals surface area (Å²) in [5.74, 6) is -0.965. The van der Waals surface area contributed by atoms with Crippen LogP contribution in [0, 0.1) is 0 Å². The fraction of sp³-hybridized carbons (Fsp3) is 0.833. The maximum atomic E-state index is 12.1. The third-order valence-corrected chi connectivity index (χ3v) is 4.03. The molecule has 17 heavy (non-hydrogen) atoms. The summed E-state index contributed by atoms with van der Waals surface area (Å²) in [7, 11) is 1.63. The predicted molar refractivity (Wildman–Crippen MR) is 60.6 cm³/mol. The number of carbonyl (C=O) groups excluding carboxylic acids is 1. The summed E-state index contributed by atoms with van der Waals surface area (Å²) in [6, 6.07) is -0.628. The molecular weight excluding hydrogens is 222 g/mol. The molecule has 0 radical (unpaired) electrons. The first-order valence-corrected chi connectivity index (χ1v) is 6.15. The van der Waals surface area contributed by atoms with Crippen LogP contribution in [0.3, 0.4) is 0 Å². The average Bonchev–Trinajstić information content (AvgIpc) is 2.72. The summed E-state index contributed by atoms with van der Waals surface area (Å²) >= 11 is 0. The molecule has 0 aromatic carbocycles. The maximum absolute atomic E-state index is 12.1. The van der Waals surface area contributed by atoms with Crippen LogP contribution in [0.15, 0.2) is 0 Å².